The van der Waals surface area contributed by atoms with Crippen LogP contribution in [0.2, 0.25) is 5.15 Å². The predicted molar refractivity (Wildman–Crippen MR) is 47.0 cm³/mol. The van der Waals surface area contributed by atoms with E-state index in [1.807, 2.05) is 0 Å². The van der Waals surface area contributed by atoms with Gasteiger partial charge in [0.25, 0.3) is 0 Å². The largest absolute Gasteiger partial charge is 0.435 e. The second kappa shape index (κ2) is 3.88. The summed E-state index contributed by atoms with van der Waals surface area (Å²) in [6, 6.07) is 0. The van der Waals surface area contributed by atoms with Crippen LogP contribution in [0.1, 0.15) is 11.3 Å². The Morgan fingerprint density at radius 1 is 1.44 bits per heavy atom. The summed E-state index contributed by atoms with van der Waals surface area (Å²) in [4.78, 5) is 0. The SMILES string of the molecule is Cn1nc(C(F)(F)F)c(CS(=O)(=O)F)c1Cl. The number of aromatic nitrogens is 2. The number of nitrogens with zero attached hydrogens (tertiary/aromatic N) is 2. The number of rotatable bonds is 2. The lowest BCUT2D eigenvalue weighted by atomic mass is 10.3. The zero-order valence-electron chi connectivity index (χ0n) is 7.72. The van der Waals surface area contributed by atoms with Crippen molar-refractivity contribution in [2.75, 3.05) is 0 Å². The monoisotopic (exact) mass is 280 g/mol. The van der Waals surface area contributed by atoms with Gasteiger partial charge in [-0.05, 0) is 0 Å². The van der Waals surface area contributed by atoms with Gasteiger partial charge in [-0.1, -0.05) is 11.6 Å². The molecule has 1 aromatic rings. The van der Waals surface area contributed by atoms with E-state index < -0.39 is 38.6 Å². The van der Waals surface area contributed by atoms with Gasteiger partial charge < -0.3 is 0 Å². The van der Waals surface area contributed by atoms with Crippen molar-refractivity contribution in [1.29, 1.82) is 0 Å². The second-order valence-corrected chi connectivity index (χ2v) is 4.65. The van der Waals surface area contributed by atoms with Crippen LogP contribution in [0.4, 0.5) is 17.1 Å². The summed E-state index contributed by atoms with van der Waals surface area (Å²) in [6.45, 7) is 0. The van der Waals surface area contributed by atoms with E-state index in [1.54, 1.807) is 0 Å². The van der Waals surface area contributed by atoms with Gasteiger partial charge in [0.1, 0.15) is 10.9 Å². The topological polar surface area (TPSA) is 52.0 Å². The zero-order valence-corrected chi connectivity index (χ0v) is 9.29. The number of hydrogen-bond donors (Lipinski definition) is 0. The Morgan fingerprint density at radius 3 is 2.31 bits per heavy atom. The van der Waals surface area contributed by atoms with Crippen LogP contribution >= 0.6 is 11.6 Å². The second-order valence-electron chi connectivity index (χ2n) is 2.92. The molecule has 0 atom stereocenters. The molecule has 1 heterocycles. The molecule has 0 aromatic carbocycles. The van der Waals surface area contributed by atoms with Crippen LogP contribution in [0.3, 0.4) is 0 Å². The molecule has 16 heavy (non-hydrogen) atoms. The first kappa shape index (κ1) is 13.2. The molecule has 0 aliphatic carbocycles. The predicted octanol–water partition coefficient (Wildman–Crippen LogP) is 1.89. The quantitative estimate of drug-likeness (QED) is 0.614. The van der Waals surface area contributed by atoms with Gasteiger partial charge in [0, 0.05) is 12.6 Å². The van der Waals surface area contributed by atoms with Gasteiger partial charge in [0.05, 0.1) is 0 Å². The van der Waals surface area contributed by atoms with E-state index in [9.17, 15) is 25.5 Å². The van der Waals surface area contributed by atoms with Gasteiger partial charge >= 0.3 is 16.4 Å². The first-order valence-electron chi connectivity index (χ1n) is 3.73. The Hall–Kier alpha value is -0.830. The first-order valence-corrected chi connectivity index (χ1v) is 5.66. The highest BCUT2D eigenvalue weighted by Crippen LogP contribution is 2.35. The summed E-state index contributed by atoms with van der Waals surface area (Å²) in [6.07, 6.45) is -4.88. The fourth-order valence-electron chi connectivity index (χ4n) is 1.08. The van der Waals surface area contributed by atoms with Gasteiger partial charge in [-0.25, -0.2) is 0 Å². The molecule has 0 bridgehead atoms. The van der Waals surface area contributed by atoms with E-state index in [-0.39, 0.29) is 0 Å². The van der Waals surface area contributed by atoms with E-state index in [1.165, 1.54) is 0 Å². The van der Waals surface area contributed by atoms with E-state index >= 15 is 0 Å². The van der Waals surface area contributed by atoms with Crippen LogP contribution in [0.25, 0.3) is 0 Å². The van der Waals surface area contributed by atoms with E-state index in [2.05, 4.69) is 5.10 Å². The highest BCUT2D eigenvalue weighted by atomic mass is 35.5. The molecule has 0 aliphatic heterocycles. The molecule has 0 amide bonds. The minimum atomic E-state index is -5.11. The third-order valence-corrected chi connectivity index (χ3v) is 2.76. The highest BCUT2D eigenvalue weighted by Gasteiger charge is 2.39. The van der Waals surface area contributed by atoms with E-state index in [0.717, 1.165) is 7.05 Å². The fourth-order valence-corrected chi connectivity index (χ4v) is 1.97. The standard InChI is InChI=1S/C6H5ClF4N2O2S/c1-13-5(7)3(2-16(11,14)15)4(12-13)6(8,9)10/h2H2,1H3. The van der Waals surface area contributed by atoms with Crippen LogP contribution in [0, 0.1) is 0 Å². The maximum atomic E-state index is 12.4. The summed E-state index contributed by atoms with van der Waals surface area (Å²) < 4.78 is 70.7. The van der Waals surface area contributed by atoms with E-state index in [0.29, 0.717) is 4.68 Å². The molecule has 0 saturated carbocycles. The highest BCUT2D eigenvalue weighted by molar-refractivity contribution is 7.85. The summed E-state index contributed by atoms with van der Waals surface area (Å²) >= 11 is 5.40. The van der Waals surface area contributed by atoms with Gasteiger partial charge in [-0.3, -0.25) is 4.68 Å². The van der Waals surface area contributed by atoms with Crippen LogP contribution in [0.15, 0.2) is 0 Å². The Labute approximate surface area is 93.0 Å². The number of alkyl halides is 3. The molecule has 0 fully saturated rings. The molecule has 1 aromatic heterocycles. The zero-order chi connectivity index (χ0) is 12.7. The molecule has 0 unspecified atom stereocenters. The van der Waals surface area contributed by atoms with Crippen LogP contribution in [0.5, 0.6) is 0 Å². The number of hydrogen-bond acceptors (Lipinski definition) is 3. The third-order valence-electron chi connectivity index (χ3n) is 1.65. The summed E-state index contributed by atoms with van der Waals surface area (Å²) in [5, 5.41) is 2.43. The lowest BCUT2D eigenvalue weighted by Gasteiger charge is -2.04. The number of aryl methyl sites for hydroxylation is 1. The van der Waals surface area contributed by atoms with Crippen LogP contribution < -0.4 is 0 Å². The van der Waals surface area contributed by atoms with E-state index in [4.69, 9.17) is 11.6 Å². The average Bonchev–Trinajstić information content (AvgIpc) is 2.28. The third kappa shape index (κ3) is 2.85. The van der Waals surface area contributed by atoms with Crippen molar-refractivity contribution >= 4 is 21.8 Å². The Morgan fingerprint density at radius 2 is 1.94 bits per heavy atom. The Bertz CT molecular complexity index is 507. The number of halogens is 5. The summed E-state index contributed by atoms with van der Waals surface area (Å²) in [7, 11) is -4.02. The smallest absolute Gasteiger partial charge is 0.256 e. The minimum absolute atomic E-state index is 0.562. The Balaban J connectivity index is 3.36. The van der Waals surface area contributed by atoms with Crippen molar-refractivity contribution < 1.29 is 25.5 Å². The Kier molecular flexibility index (Phi) is 3.21. The molecule has 0 N–H and O–H groups in total. The van der Waals surface area contributed by atoms with Gasteiger partial charge in [0.2, 0.25) is 0 Å². The van der Waals surface area contributed by atoms with Crippen molar-refractivity contribution in [1.82, 2.24) is 9.78 Å². The van der Waals surface area contributed by atoms with Crippen LogP contribution in [-0.4, -0.2) is 18.2 Å². The molecule has 4 nitrogen and oxygen atoms in total. The molecule has 0 saturated heterocycles. The maximum Gasteiger partial charge on any atom is 0.435 e. The van der Waals surface area contributed by atoms with Crippen LogP contribution in [-0.2, 0) is 29.2 Å². The van der Waals surface area contributed by atoms with Crippen molar-refractivity contribution in [3.63, 3.8) is 0 Å². The van der Waals surface area contributed by atoms with Gasteiger partial charge in [-0.15, -0.1) is 3.89 Å². The maximum absolute atomic E-state index is 12.4. The normalized spacial score (nSPS) is 13.1. The molecular formula is C6H5ClF4N2O2S. The molecule has 0 spiro atoms. The van der Waals surface area contributed by atoms with Crippen molar-refractivity contribution in [3.05, 3.63) is 16.4 Å². The molecule has 0 aliphatic rings. The van der Waals surface area contributed by atoms with Gasteiger partial charge in [0.15, 0.2) is 5.69 Å². The molecule has 92 valence electrons. The average molecular weight is 281 g/mol. The van der Waals surface area contributed by atoms with Crippen molar-refractivity contribution in [3.8, 4) is 0 Å². The minimum Gasteiger partial charge on any atom is -0.256 e. The lowest BCUT2D eigenvalue weighted by Crippen LogP contribution is -2.11. The summed E-state index contributed by atoms with van der Waals surface area (Å²) in [5.74, 6) is -1.45. The molecule has 10 heteroatoms. The molecule has 1 rings (SSSR count). The van der Waals surface area contributed by atoms with Gasteiger partial charge in [-0.2, -0.15) is 26.7 Å². The first-order chi connectivity index (χ1) is 7.02. The molecule has 0 radical (unpaired) electrons. The summed E-state index contributed by atoms with van der Waals surface area (Å²) in [5.41, 5.74) is -2.39. The van der Waals surface area contributed by atoms with Crippen molar-refractivity contribution in [2.24, 2.45) is 7.05 Å². The fraction of sp³-hybridized carbons (Fsp3) is 0.500. The molecular weight excluding hydrogens is 276 g/mol. The lowest BCUT2D eigenvalue weighted by molar-refractivity contribution is -0.141. The van der Waals surface area contributed by atoms with Crippen molar-refractivity contribution in [2.45, 2.75) is 11.9 Å².